The van der Waals surface area contributed by atoms with Crippen LogP contribution in [0.5, 0.6) is 0 Å². The van der Waals surface area contributed by atoms with Crippen LogP contribution in [0, 0.1) is 0 Å². The summed E-state index contributed by atoms with van der Waals surface area (Å²) in [5, 5.41) is 13.1. The lowest BCUT2D eigenvalue weighted by Gasteiger charge is -2.31. The third-order valence-electron chi connectivity index (χ3n) is 3.71. The van der Waals surface area contributed by atoms with E-state index in [2.05, 4.69) is 23.8 Å². The minimum Gasteiger partial charge on any atom is -0.478 e. The number of carboxylic acids is 1. The van der Waals surface area contributed by atoms with Crippen molar-refractivity contribution >= 4 is 5.97 Å². The summed E-state index contributed by atoms with van der Waals surface area (Å²) >= 11 is 0. The normalized spacial score (nSPS) is 19.7. The van der Waals surface area contributed by atoms with Gasteiger partial charge in [0.2, 0.25) is 0 Å². The first-order valence-electron chi connectivity index (χ1n) is 5.91. The van der Waals surface area contributed by atoms with Gasteiger partial charge in [-0.05, 0) is 33.2 Å². The average molecular weight is 237 g/mol. The van der Waals surface area contributed by atoms with E-state index in [-0.39, 0.29) is 5.54 Å². The van der Waals surface area contributed by atoms with Gasteiger partial charge in [-0.3, -0.25) is 9.58 Å². The summed E-state index contributed by atoms with van der Waals surface area (Å²) in [7, 11) is 1.80. The van der Waals surface area contributed by atoms with Gasteiger partial charge in [-0.25, -0.2) is 4.79 Å². The Balaban J connectivity index is 2.24. The van der Waals surface area contributed by atoms with Crippen LogP contribution in [0.4, 0.5) is 0 Å². The number of hydrogen-bond donors (Lipinski definition) is 1. The Bertz CT molecular complexity index is 437. The summed E-state index contributed by atoms with van der Waals surface area (Å²) in [5.74, 6) is -0.898. The number of aromatic nitrogens is 2. The highest BCUT2D eigenvalue weighted by Crippen LogP contribution is 2.30. The third kappa shape index (κ3) is 2.20. The Morgan fingerprint density at radius 3 is 2.82 bits per heavy atom. The van der Waals surface area contributed by atoms with Crippen molar-refractivity contribution in [3.8, 4) is 0 Å². The lowest BCUT2D eigenvalue weighted by atomic mass is 10.0. The molecule has 1 aliphatic rings. The van der Waals surface area contributed by atoms with Gasteiger partial charge in [-0.15, -0.1) is 0 Å². The first-order valence-corrected chi connectivity index (χ1v) is 5.91. The molecule has 1 N–H and O–H groups in total. The largest absolute Gasteiger partial charge is 0.478 e. The molecule has 94 valence electrons. The molecular weight excluding hydrogens is 218 g/mol. The zero-order valence-electron chi connectivity index (χ0n) is 10.6. The molecule has 2 rings (SSSR count). The van der Waals surface area contributed by atoms with E-state index in [1.54, 1.807) is 11.7 Å². The number of carboxylic acid groups (broad SMARTS) is 1. The summed E-state index contributed by atoms with van der Waals surface area (Å²) in [4.78, 5) is 13.4. The molecule has 1 aromatic rings. The zero-order chi connectivity index (χ0) is 12.6. The topological polar surface area (TPSA) is 58.4 Å². The molecule has 2 heterocycles. The fraction of sp³-hybridized carbons (Fsp3) is 0.667. The van der Waals surface area contributed by atoms with E-state index in [4.69, 9.17) is 5.11 Å². The van der Waals surface area contributed by atoms with E-state index >= 15 is 0 Å². The van der Waals surface area contributed by atoms with E-state index in [0.29, 0.717) is 12.1 Å². The summed E-state index contributed by atoms with van der Waals surface area (Å²) in [5.41, 5.74) is 1.25. The maximum Gasteiger partial charge on any atom is 0.339 e. The fourth-order valence-corrected chi connectivity index (χ4v) is 2.47. The summed E-state index contributed by atoms with van der Waals surface area (Å²) in [6.07, 6.45) is 3.77. The van der Waals surface area contributed by atoms with Gasteiger partial charge in [0.15, 0.2) is 0 Å². The van der Waals surface area contributed by atoms with Gasteiger partial charge in [0.05, 0.1) is 11.9 Å². The van der Waals surface area contributed by atoms with Crippen LogP contribution in [0.15, 0.2) is 6.20 Å². The van der Waals surface area contributed by atoms with E-state index in [0.717, 1.165) is 18.7 Å². The Kier molecular flexibility index (Phi) is 2.95. The Morgan fingerprint density at radius 2 is 2.29 bits per heavy atom. The molecule has 0 unspecified atom stereocenters. The van der Waals surface area contributed by atoms with Crippen molar-refractivity contribution in [1.82, 2.24) is 14.7 Å². The number of aryl methyl sites for hydroxylation is 1. The van der Waals surface area contributed by atoms with Crippen molar-refractivity contribution in [3.63, 3.8) is 0 Å². The van der Waals surface area contributed by atoms with Crippen molar-refractivity contribution in [3.05, 3.63) is 17.5 Å². The molecule has 0 radical (unpaired) electrons. The highest BCUT2D eigenvalue weighted by atomic mass is 16.4. The van der Waals surface area contributed by atoms with E-state index < -0.39 is 5.97 Å². The Hall–Kier alpha value is -1.36. The molecule has 0 atom stereocenters. The number of hydrogen-bond acceptors (Lipinski definition) is 3. The predicted octanol–water partition coefficient (Wildman–Crippen LogP) is 1.49. The van der Waals surface area contributed by atoms with Gasteiger partial charge in [0.25, 0.3) is 0 Å². The minimum absolute atomic E-state index is 0.153. The molecule has 1 aromatic heterocycles. The van der Waals surface area contributed by atoms with Crippen LogP contribution >= 0.6 is 0 Å². The van der Waals surface area contributed by atoms with E-state index in [1.165, 1.54) is 12.6 Å². The molecule has 1 saturated heterocycles. The van der Waals surface area contributed by atoms with Gasteiger partial charge < -0.3 is 5.11 Å². The first kappa shape index (κ1) is 12.1. The quantitative estimate of drug-likeness (QED) is 0.865. The highest BCUT2D eigenvalue weighted by molar-refractivity contribution is 5.88. The predicted molar refractivity (Wildman–Crippen MR) is 63.9 cm³/mol. The lowest BCUT2D eigenvalue weighted by Crippen LogP contribution is -2.38. The van der Waals surface area contributed by atoms with Crippen LogP contribution < -0.4 is 0 Å². The highest BCUT2D eigenvalue weighted by Gasteiger charge is 2.33. The maximum atomic E-state index is 11.1. The number of nitrogens with zero attached hydrogens (tertiary/aromatic N) is 3. The van der Waals surface area contributed by atoms with Gasteiger partial charge in [-0.1, -0.05) is 0 Å². The second-order valence-electron chi connectivity index (χ2n) is 5.27. The Morgan fingerprint density at radius 1 is 1.59 bits per heavy atom. The molecule has 0 spiro atoms. The SMILES string of the molecule is Cn1ncc(C(=O)O)c1CN1CCCC1(C)C. The van der Waals surface area contributed by atoms with Crippen LogP contribution in [0.25, 0.3) is 0 Å². The summed E-state index contributed by atoms with van der Waals surface area (Å²) < 4.78 is 1.66. The number of rotatable bonds is 3. The van der Waals surface area contributed by atoms with Crippen molar-refractivity contribution in [2.24, 2.45) is 7.05 Å². The minimum atomic E-state index is -0.898. The van der Waals surface area contributed by atoms with Gasteiger partial charge in [-0.2, -0.15) is 5.10 Å². The molecule has 1 fully saturated rings. The average Bonchev–Trinajstić information content (AvgIpc) is 2.73. The molecule has 5 nitrogen and oxygen atoms in total. The van der Waals surface area contributed by atoms with Gasteiger partial charge >= 0.3 is 5.97 Å². The summed E-state index contributed by atoms with van der Waals surface area (Å²) in [6.45, 7) is 6.09. The van der Waals surface area contributed by atoms with E-state index in [1.807, 2.05) is 0 Å². The molecule has 0 bridgehead atoms. The second kappa shape index (κ2) is 4.14. The molecular formula is C12H19N3O2. The lowest BCUT2D eigenvalue weighted by molar-refractivity contribution is 0.0692. The van der Waals surface area contributed by atoms with Crippen LogP contribution in [-0.2, 0) is 13.6 Å². The number of carbonyl (C=O) groups is 1. The summed E-state index contributed by atoms with van der Waals surface area (Å²) in [6, 6.07) is 0. The van der Waals surface area contributed by atoms with Crippen molar-refractivity contribution in [1.29, 1.82) is 0 Å². The standard InChI is InChI=1S/C12H19N3O2/c1-12(2)5-4-6-15(12)8-10-9(11(16)17)7-13-14(10)3/h7H,4-6,8H2,1-3H3,(H,16,17). The zero-order valence-corrected chi connectivity index (χ0v) is 10.6. The smallest absolute Gasteiger partial charge is 0.339 e. The number of likely N-dealkylation sites (tertiary alicyclic amines) is 1. The number of aromatic carboxylic acids is 1. The second-order valence-corrected chi connectivity index (χ2v) is 5.27. The first-order chi connectivity index (χ1) is 7.92. The maximum absolute atomic E-state index is 11.1. The van der Waals surface area contributed by atoms with Crippen molar-refractivity contribution in [2.75, 3.05) is 6.54 Å². The molecule has 0 saturated carbocycles. The Labute approximate surface area is 101 Å². The van der Waals surface area contributed by atoms with Crippen LogP contribution in [0.2, 0.25) is 0 Å². The van der Waals surface area contributed by atoms with Crippen molar-refractivity contribution < 1.29 is 9.90 Å². The molecule has 0 aromatic carbocycles. The molecule has 0 aliphatic carbocycles. The van der Waals surface area contributed by atoms with Gasteiger partial charge in [0, 0.05) is 19.1 Å². The third-order valence-corrected chi connectivity index (χ3v) is 3.71. The molecule has 17 heavy (non-hydrogen) atoms. The molecule has 5 heteroatoms. The van der Waals surface area contributed by atoms with Gasteiger partial charge in [0.1, 0.15) is 5.56 Å². The monoisotopic (exact) mass is 237 g/mol. The van der Waals surface area contributed by atoms with Crippen LogP contribution in [0.3, 0.4) is 0 Å². The van der Waals surface area contributed by atoms with Crippen LogP contribution in [-0.4, -0.2) is 37.8 Å². The fourth-order valence-electron chi connectivity index (χ4n) is 2.47. The van der Waals surface area contributed by atoms with Crippen molar-refractivity contribution in [2.45, 2.75) is 38.8 Å². The molecule has 0 amide bonds. The molecule has 1 aliphatic heterocycles. The van der Waals surface area contributed by atoms with E-state index in [9.17, 15) is 4.79 Å². The van der Waals surface area contributed by atoms with Crippen LogP contribution in [0.1, 0.15) is 42.7 Å².